The average Bonchev–Trinajstić information content (AvgIpc) is 2.88. The van der Waals surface area contributed by atoms with Crippen LogP contribution in [0.1, 0.15) is 12.8 Å². The lowest BCUT2D eigenvalue weighted by Gasteiger charge is -2.39. The van der Waals surface area contributed by atoms with Gasteiger partial charge in [0.1, 0.15) is 0 Å². The molecule has 1 aromatic carbocycles. The van der Waals surface area contributed by atoms with Crippen molar-refractivity contribution in [2.24, 2.45) is 0 Å². The van der Waals surface area contributed by atoms with Crippen molar-refractivity contribution >= 4 is 27.3 Å². The molecule has 1 aromatic rings. The number of hydrogen-bond acceptors (Lipinski definition) is 5. The fourth-order valence-electron chi connectivity index (χ4n) is 2.74. The van der Waals surface area contributed by atoms with Crippen molar-refractivity contribution in [3.05, 3.63) is 32.8 Å². The van der Waals surface area contributed by atoms with Crippen molar-refractivity contribution < 1.29 is 14.4 Å². The van der Waals surface area contributed by atoms with E-state index < -0.39 is 5.79 Å². The van der Waals surface area contributed by atoms with Gasteiger partial charge in [-0.05, 0) is 22.0 Å². The Morgan fingerprint density at radius 1 is 1.25 bits per heavy atom. The monoisotopic (exact) mass is 342 g/mol. The second kappa shape index (κ2) is 5.31. The molecule has 2 saturated heterocycles. The van der Waals surface area contributed by atoms with Gasteiger partial charge in [0.05, 0.1) is 23.8 Å². The highest BCUT2D eigenvalue weighted by Gasteiger charge is 2.40. The number of nitro groups is 1. The minimum absolute atomic E-state index is 0.0940. The molecule has 0 radical (unpaired) electrons. The molecular weight excluding hydrogens is 328 g/mol. The molecule has 20 heavy (non-hydrogen) atoms. The molecule has 0 amide bonds. The van der Waals surface area contributed by atoms with Crippen LogP contribution in [0.4, 0.5) is 11.4 Å². The predicted octanol–water partition coefficient (Wildman–Crippen LogP) is 2.70. The van der Waals surface area contributed by atoms with Gasteiger partial charge in [-0.3, -0.25) is 10.1 Å². The van der Waals surface area contributed by atoms with E-state index in [-0.39, 0.29) is 10.6 Å². The van der Waals surface area contributed by atoms with Crippen molar-refractivity contribution in [1.82, 2.24) is 0 Å². The van der Waals surface area contributed by atoms with Gasteiger partial charge in [0, 0.05) is 42.5 Å². The van der Waals surface area contributed by atoms with E-state index in [2.05, 4.69) is 20.8 Å². The first kappa shape index (κ1) is 13.8. The minimum Gasteiger partial charge on any atom is -0.370 e. The number of non-ortho nitro benzene ring substituents is 1. The third-order valence-corrected chi connectivity index (χ3v) is 4.46. The summed E-state index contributed by atoms with van der Waals surface area (Å²) < 4.78 is 12.1. The Morgan fingerprint density at radius 3 is 2.45 bits per heavy atom. The van der Waals surface area contributed by atoms with E-state index >= 15 is 0 Å². The van der Waals surface area contributed by atoms with Crippen LogP contribution in [0.3, 0.4) is 0 Å². The highest BCUT2D eigenvalue weighted by Crippen LogP contribution is 2.36. The van der Waals surface area contributed by atoms with Gasteiger partial charge in [0.2, 0.25) is 0 Å². The van der Waals surface area contributed by atoms with Crippen LogP contribution in [0.2, 0.25) is 0 Å². The molecule has 0 aliphatic carbocycles. The lowest BCUT2D eigenvalue weighted by atomic mass is 10.0. The summed E-state index contributed by atoms with van der Waals surface area (Å²) in [7, 11) is 0. The molecule has 0 bridgehead atoms. The third kappa shape index (κ3) is 2.53. The Labute approximate surface area is 124 Å². The molecule has 1 spiro atoms. The van der Waals surface area contributed by atoms with Crippen LogP contribution in [0.5, 0.6) is 0 Å². The predicted molar refractivity (Wildman–Crippen MR) is 76.9 cm³/mol. The van der Waals surface area contributed by atoms with E-state index in [1.54, 1.807) is 12.1 Å². The fourth-order valence-corrected chi connectivity index (χ4v) is 3.36. The van der Waals surface area contributed by atoms with Crippen LogP contribution in [-0.4, -0.2) is 37.0 Å². The van der Waals surface area contributed by atoms with Crippen molar-refractivity contribution in [2.45, 2.75) is 18.6 Å². The molecular formula is C13H15BrN2O4. The Bertz CT molecular complexity index is 521. The molecule has 108 valence electrons. The van der Waals surface area contributed by atoms with E-state index in [0.29, 0.717) is 13.2 Å². The molecule has 3 rings (SSSR count). The van der Waals surface area contributed by atoms with E-state index in [0.717, 1.165) is 36.1 Å². The normalized spacial score (nSPS) is 21.4. The maximum atomic E-state index is 10.7. The number of anilines is 1. The SMILES string of the molecule is O=[N+]([O-])c1ccc(N2CCC3(CC2)OCCO3)c(Br)c1. The first-order valence-corrected chi connectivity index (χ1v) is 7.36. The summed E-state index contributed by atoms with van der Waals surface area (Å²) in [5.74, 6) is -0.399. The van der Waals surface area contributed by atoms with Gasteiger partial charge in [-0.15, -0.1) is 0 Å². The number of hydrogen-bond donors (Lipinski definition) is 0. The van der Waals surface area contributed by atoms with Gasteiger partial charge in [0.25, 0.3) is 5.69 Å². The minimum atomic E-state index is -0.399. The van der Waals surface area contributed by atoms with E-state index in [9.17, 15) is 10.1 Å². The molecule has 7 heteroatoms. The molecule has 6 nitrogen and oxygen atoms in total. The second-order valence-corrected chi connectivity index (χ2v) is 5.84. The molecule has 2 aliphatic rings. The third-order valence-electron chi connectivity index (χ3n) is 3.82. The first-order chi connectivity index (χ1) is 9.60. The van der Waals surface area contributed by atoms with Crippen molar-refractivity contribution in [3.8, 4) is 0 Å². The van der Waals surface area contributed by atoms with Crippen LogP contribution in [0.15, 0.2) is 22.7 Å². The smallest absolute Gasteiger partial charge is 0.270 e. The van der Waals surface area contributed by atoms with Crippen LogP contribution < -0.4 is 4.90 Å². The molecule has 2 heterocycles. The zero-order chi connectivity index (χ0) is 14.2. The summed E-state index contributed by atoms with van der Waals surface area (Å²) in [5.41, 5.74) is 1.07. The lowest BCUT2D eigenvalue weighted by Crippen LogP contribution is -2.45. The van der Waals surface area contributed by atoms with Crippen molar-refractivity contribution in [3.63, 3.8) is 0 Å². The number of piperidine rings is 1. The van der Waals surface area contributed by atoms with Gasteiger partial charge in [-0.25, -0.2) is 0 Å². The molecule has 2 fully saturated rings. The van der Waals surface area contributed by atoms with Gasteiger partial charge in [-0.1, -0.05) is 0 Å². The molecule has 0 saturated carbocycles. The molecule has 0 aromatic heterocycles. The topological polar surface area (TPSA) is 64.8 Å². The van der Waals surface area contributed by atoms with Gasteiger partial charge >= 0.3 is 0 Å². The van der Waals surface area contributed by atoms with Gasteiger partial charge in [0.15, 0.2) is 5.79 Å². The standard InChI is InChI=1S/C13H15BrN2O4/c14-11-9-10(16(17)18)1-2-12(11)15-5-3-13(4-6-15)19-7-8-20-13/h1-2,9H,3-8H2. The van der Waals surface area contributed by atoms with Gasteiger partial charge < -0.3 is 14.4 Å². The summed E-state index contributed by atoms with van der Waals surface area (Å²) >= 11 is 3.42. The van der Waals surface area contributed by atoms with E-state index in [1.165, 1.54) is 6.07 Å². The second-order valence-electron chi connectivity index (χ2n) is 4.99. The summed E-state index contributed by atoms with van der Waals surface area (Å²) in [6.45, 7) is 2.97. The zero-order valence-electron chi connectivity index (χ0n) is 10.9. The van der Waals surface area contributed by atoms with E-state index in [4.69, 9.17) is 9.47 Å². The lowest BCUT2D eigenvalue weighted by molar-refractivity contribution is -0.384. The first-order valence-electron chi connectivity index (χ1n) is 6.56. The number of benzene rings is 1. The Kier molecular flexibility index (Phi) is 3.66. The van der Waals surface area contributed by atoms with Crippen LogP contribution in [-0.2, 0) is 9.47 Å². The number of rotatable bonds is 2. The zero-order valence-corrected chi connectivity index (χ0v) is 12.5. The number of nitro benzene ring substituents is 1. The molecule has 0 unspecified atom stereocenters. The molecule has 0 atom stereocenters. The average molecular weight is 343 g/mol. The fraction of sp³-hybridized carbons (Fsp3) is 0.538. The number of ether oxygens (including phenoxy) is 2. The Balaban J connectivity index is 1.73. The summed E-state index contributed by atoms with van der Waals surface area (Å²) in [6, 6.07) is 4.87. The highest BCUT2D eigenvalue weighted by atomic mass is 79.9. The quantitative estimate of drug-likeness (QED) is 0.610. The number of nitrogens with zero attached hydrogens (tertiary/aromatic N) is 2. The largest absolute Gasteiger partial charge is 0.370 e. The van der Waals surface area contributed by atoms with E-state index in [1.807, 2.05) is 0 Å². The number of halogens is 1. The van der Waals surface area contributed by atoms with Crippen LogP contribution in [0.25, 0.3) is 0 Å². The maximum absolute atomic E-state index is 10.7. The molecule has 2 aliphatic heterocycles. The van der Waals surface area contributed by atoms with Gasteiger partial charge in [-0.2, -0.15) is 0 Å². The summed E-state index contributed by atoms with van der Waals surface area (Å²) in [6.07, 6.45) is 1.63. The Hall–Kier alpha value is -1.18. The summed E-state index contributed by atoms with van der Waals surface area (Å²) in [5, 5.41) is 10.7. The van der Waals surface area contributed by atoms with Crippen molar-refractivity contribution in [2.75, 3.05) is 31.2 Å². The summed E-state index contributed by atoms with van der Waals surface area (Å²) in [4.78, 5) is 12.6. The molecule has 0 N–H and O–H groups in total. The Morgan fingerprint density at radius 2 is 1.90 bits per heavy atom. The van der Waals surface area contributed by atoms with Crippen LogP contribution in [0, 0.1) is 10.1 Å². The van der Waals surface area contributed by atoms with Crippen molar-refractivity contribution in [1.29, 1.82) is 0 Å². The maximum Gasteiger partial charge on any atom is 0.270 e. The highest BCUT2D eigenvalue weighted by molar-refractivity contribution is 9.10. The van der Waals surface area contributed by atoms with Crippen LogP contribution >= 0.6 is 15.9 Å².